The summed E-state index contributed by atoms with van der Waals surface area (Å²) in [6, 6.07) is 5.11. The highest BCUT2D eigenvalue weighted by Gasteiger charge is 2.26. The lowest BCUT2D eigenvalue weighted by Gasteiger charge is -2.24. The fraction of sp³-hybridized carbons (Fsp3) is 0.273. The van der Waals surface area contributed by atoms with Crippen LogP contribution in [0.1, 0.15) is 12.0 Å². The van der Waals surface area contributed by atoms with Crippen molar-refractivity contribution in [3.63, 3.8) is 0 Å². The third-order valence-electron chi connectivity index (χ3n) is 2.46. The van der Waals surface area contributed by atoms with Gasteiger partial charge in [0, 0.05) is 12.2 Å². The van der Waals surface area contributed by atoms with Crippen molar-refractivity contribution in [2.45, 2.75) is 13.0 Å². The summed E-state index contributed by atoms with van der Waals surface area (Å²) >= 11 is 6.97. The van der Waals surface area contributed by atoms with Crippen LogP contribution < -0.4 is 5.73 Å². The Labute approximate surface area is 108 Å². The standard InChI is InChI=1S/C11H11ClN2O2S/c12-8-2-1-7(5-9(8)13)6-14-10(15)3-4-17-11(14)16/h1-2,5H,3-4,6,13H2. The molecule has 0 aromatic heterocycles. The third kappa shape index (κ3) is 2.73. The largest absolute Gasteiger partial charge is 0.398 e. The zero-order valence-corrected chi connectivity index (χ0v) is 10.6. The van der Waals surface area contributed by atoms with Gasteiger partial charge in [-0.25, -0.2) is 0 Å². The van der Waals surface area contributed by atoms with Gasteiger partial charge in [-0.2, -0.15) is 0 Å². The van der Waals surface area contributed by atoms with Crippen molar-refractivity contribution in [1.82, 2.24) is 4.90 Å². The molecule has 0 unspecified atom stereocenters. The Bertz CT molecular complexity index is 463. The van der Waals surface area contributed by atoms with Gasteiger partial charge >= 0.3 is 0 Å². The maximum Gasteiger partial charge on any atom is 0.288 e. The van der Waals surface area contributed by atoms with Crippen LogP contribution >= 0.6 is 23.4 Å². The average Bonchev–Trinajstić information content (AvgIpc) is 2.28. The Morgan fingerprint density at radius 3 is 2.82 bits per heavy atom. The third-order valence-corrected chi connectivity index (χ3v) is 3.68. The van der Waals surface area contributed by atoms with E-state index in [2.05, 4.69) is 0 Å². The van der Waals surface area contributed by atoms with Gasteiger partial charge in [-0.05, 0) is 17.7 Å². The molecule has 0 bridgehead atoms. The van der Waals surface area contributed by atoms with Crippen LogP contribution in [-0.4, -0.2) is 21.8 Å². The fourth-order valence-corrected chi connectivity index (χ4v) is 2.46. The Morgan fingerprint density at radius 1 is 1.41 bits per heavy atom. The SMILES string of the molecule is Nc1cc(CN2C(=O)CCSC2=O)ccc1Cl. The number of amides is 2. The summed E-state index contributed by atoms with van der Waals surface area (Å²) < 4.78 is 0. The first kappa shape index (κ1) is 12.3. The number of hydrogen-bond donors (Lipinski definition) is 1. The summed E-state index contributed by atoms with van der Waals surface area (Å²) in [6.07, 6.45) is 0.402. The number of rotatable bonds is 2. The predicted molar refractivity (Wildman–Crippen MR) is 68.9 cm³/mol. The van der Waals surface area contributed by atoms with Gasteiger partial charge in [0.2, 0.25) is 5.91 Å². The number of anilines is 1. The van der Waals surface area contributed by atoms with Crippen LogP contribution in [0, 0.1) is 0 Å². The summed E-state index contributed by atoms with van der Waals surface area (Å²) in [5.41, 5.74) is 6.92. The summed E-state index contributed by atoms with van der Waals surface area (Å²) in [4.78, 5) is 24.4. The predicted octanol–water partition coefficient (Wildman–Crippen LogP) is 2.51. The van der Waals surface area contributed by atoms with Crippen molar-refractivity contribution in [1.29, 1.82) is 0 Å². The molecular weight excluding hydrogens is 260 g/mol. The van der Waals surface area contributed by atoms with E-state index in [9.17, 15) is 9.59 Å². The number of halogens is 1. The molecule has 1 aliphatic heterocycles. The highest BCUT2D eigenvalue weighted by atomic mass is 35.5. The van der Waals surface area contributed by atoms with Crippen molar-refractivity contribution < 1.29 is 9.59 Å². The molecule has 6 heteroatoms. The summed E-state index contributed by atoms with van der Waals surface area (Å²) in [7, 11) is 0. The Balaban J connectivity index is 2.16. The second kappa shape index (κ2) is 4.98. The van der Waals surface area contributed by atoms with Gasteiger partial charge in [-0.1, -0.05) is 29.4 Å². The first-order valence-corrected chi connectivity index (χ1v) is 6.45. The zero-order chi connectivity index (χ0) is 12.4. The van der Waals surface area contributed by atoms with E-state index in [1.54, 1.807) is 18.2 Å². The van der Waals surface area contributed by atoms with E-state index in [4.69, 9.17) is 17.3 Å². The van der Waals surface area contributed by atoms with Gasteiger partial charge in [-0.3, -0.25) is 14.5 Å². The second-order valence-electron chi connectivity index (χ2n) is 3.70. The number of nitrogens with zero attached hydrogens (tertiary/aromatic N) is 1. The maximum atomic E-state index is 11.6. The number of carbonyl (C=O) groups is 2. The van der Waals surface area contributed by atoms with E-state index in [-0.39, 0.29) is 17.7 Å². The van der Waals surface area contributed by atoms with E-state index in [0.29, 0.717) is 22.9 Å². The van der Waals surface area contributed by atoms with E-state index >= 15 is 0 Å². The summed E-state index contributed by atoms with van der Waals surface area (Å²) in [6.45, 7) is 0.256. The van der Waals surface area contributed by atoms with Crippen LogP contribution in [0.5, 0.6) is 0 Å². The van der Waals surface area contributed by atoms with Gasteiger partial charge < -0.3 is 5.73 Å². The van der Waals surface area contributed by atoms with Crippen molar-refractivity contribution in [3.8, 4) is 0 Å². The van der Waals surface area contributed by atoms with Crippen molar-refractivity contribution >= 4 is 40.2 Å². The number of benzene rings is 1. The number of nitrogens with two attached hydrogens (primary N) is 1. The Hall–Kier alpha value is -1.20. The van der Waals surface area contributed by atoms with Gasteiger partial charge in [0.25, 0.3) is 5.24 Å². The molecule has 1 fully saturated rings. The maximum absolute atomic E-state index is 11.6. The highest BCUT2D eigenvalue weighted by molar-refractivity contribution is 8.13. The number of nitrogen functional groups attached to an aromatic ring is 1. The molecule has 0 spiro atoms. The molecule has 2 rings (SSSR count). The lowest BCUT2D eigenvalue weighted by molar-refractivity contribution is -0.128. The second-order valence-corrected chi connectivity index (χ2v) is 5.15. The number of carbonyl (C=O) groups excluding carboxylic acids is 2. The normalized spacial score (nSPS) is 16.4. The monoisotopic (exact) mass is 270 g/mol. The van der Waals surface area contributed by atoms with Crippen LogP contribution in [0.25, 0.3) is 0 Å². The topological polar surface area (TPSA) is 63.4 Å². The van der Waals surface area contributed by atoms with Crippen molar-refractivity contribution in [2.75, 3.05) is 11.5 Å². The molecule has 4 nitrogen and oxygen atoms in total. The zero-order valence-electron chi connectivity index (χ0n) is 8.98. The van der Waals surface area contributed by atoms with Gasteiger partial charge in [0.1, 0.15) is 0 Å². The van der Waals surface area contributed by atoms with Crippen LogP contribution in [-0.2, 0) is 11.3 Å². The summed E-state index contributed by atoms with van der Waals surface area (Å²) in [5.74, 6) is 0.430. The number of thioether (sulfide) groups is 1. The molecular formula is C11H11ClN2O2S. The van der Waals surface area contributed by atoms with Crippen LogP contribution in [0.15, 0.2) is 18.2 Å². The molecule has 2 N–H and O–H groups in total. The molecule has 90 valence electrons. The quantitative estimate of drug-likeness (QED) is 0.839. The minimum atomic E-state index is -0.199. The van der Waals surface area contributed by atoms with E-state index in [1.807, 2.05) is 0 Å². The smallest absolute Gasteiger partial charge is 0.288 e. The minimum absolute atomic E-state index is 0.137. The Morgan fingerprint density at radius 2 is 2.18 bits per heavy atom. The van der Waals surface area contributed by atoms with Gasteiger partial charge in [0.15, 0.2) is 0 Å². The summed E-state index contributed by atoms with van der Waals surface area (Å²) in [5, 5.41) is 0.272. The van der Waals surface area contributed by atoms with Gasteiger partial charge in [0.05, 0.1) is 17.3 Å². The molecule has 0 atom stereocenters. The molecule has 0 radical (unpaired) electrons. The van der Waals surface area contributed by atoms with Crippen molar-refractivity contribution in [2.24, 2.45) is 0 Å². The molecule has 2 amide bonds. The first-order valence-electron chi connectivity index (χ1n) is 5.09. The lowest BCUT2D eigenvalue weighted by atomic mass is 10.2. The molecule has 1 aliphatic rings. The number of hydrogen-bond acceptors (Lipinski definition) is 4. The van der Waals surface area contributed by atoms with E-state index in [0.717, 1.165) is 5.56 Å². The molecule has 0 aliphatic carbocycles. The average molecular weight is 271 g/mol. The molecule has 17 heavy (non-hydrogen) atoms. The van der Waals surface area contributed by atoms with E-state index < -0.39 is 0 Å². The van der Waals surface area contributed by atoms with Crippen molar-refractivity contribution in [3.05, 3.63) is 28.8 Å². The molecule has 1 aromatic carbocycles. The lowest BCUT2D eigenvalue weighted by Crippen LogP contribution is -2.37. The van der Waals surface area contributed by atoms with E-state index in [1.165, 1.54) is 16.7 Å². The highest BCUT2D eigenvalue weighted by Crippen LogP contribution is 2.24. The van der Waals surface area contributed by atoms with Crippen LogP contribution in [0.3, 0.4) is 0 Å². The Kier molecular flexibility index (Phi) is 3.59. The molecule has 1 heterocycles. The fourth-order valence-electron chi connectivity index (χ4n) is 1.57. The van der Waals surface area contributed by atoms with Crippen LogP contribution in [0.2, 0.25) is 5.02 Å². The minimum Gasteiger partial charge on any atom is -0.398 e. The van der Waals surface area contributed by atoms with Gasteiger partial charge in [-0.15, -0.1) is 0 Å². The first-order chi connectivity index (χ1) is 8.08. The number of imide groups is 1. The molecule has 1 saturated heterocycles. The molecule has 0 saturated carbocycles. The molecule has 1 aromatic rings. The van der Waals surface area contributed by atoms with Crippen LogP contribution in [0.4, 0.5) is 10.5 Å².